The lowest BCUT2D eigenvalue weighted by Gasteiger charge is -2.36. The lowest BCUT2D eigenvalue weighted by molar-refractivity contribution is 0.0617. The van der Waals surface area contributed by atoms with E-state index in [0.29, 0.717) is 6.54 Å². The molecule has 162 valence electrons. The molecule has 0 radical (unpaired) electrons. The zero-order chi connectivity index (χ0) is 21.4. The zero-order valence-electron chi connectivity index (χ0n) is 17.6. The van der Waals surface area contributed by atoms with E-state index in [0.717, 1.165) is 41.7 Å². The normalized spacial score (nSPS) is 18.0. The first kappa shape index (κ1) is 20.5. The molecule has 3 N–H and O–H groups in total. The van der Waals surface area contributed by atoms with Crippen molar-refractivity contribution in [1.82, 2.24) is 19.2 Å². The van der Waals surface area contributed by atoms with Crippen LogP contribution < -0.4 is 4.72 Å². The van der Waals surface area contributed by atoms with E-state index in [-0.39, 0.29) is 12.1 Å². The third-order valence-electron chi connectivity index (χ3n) is 6.37. The van der Waals surface area contributed by atoms with E-state index in [4.69, 9.17) is 0 Å². The molecule has 7 heteroatoms. The van der Waals surface area contributed by atoms with E-state index >= 15 is 0 Å². The lowest BCUT2D eigenvalue weighted by atomic mass is 10.00. The molecule has 2 aromatic carbocycles. The summed E-state index contributed by atoms with van der Waals surface area (Å²) < 4.78 is 18.5. The van der Waals surface area contributed by atoms with Crippen molar-refractivity contribution in [3.8, 4) is 0 Å². The number of aliphatic hydroxyl groups excluding tert-OH is 1. The molecule has 1 saturated heterocycles. The number of aliphatic hydroxyl groups is 1. The number of H-pyrrole nitrogens is 1. The highest BCUT2D eigenvalue weighted by molar-refractivity contribution is 7.83. The molecule has 0 aliphatic carbocycles. The number of nitrogens with one attached hydrogen (secondary N) is 2. The number of benzene rings is 2. The van der Waals surface area contributed by atoms with Crippen LogP contribution in [0.25, 0.3) is 21.8 Å². The Morgan fingerprint density at radius 2 is 2.00 bits per heavy atom. The molecular weight excluding hydrogens is 408 g/mol. The topological polar surface area (TPSA) is 73.3 Å². The third-order valence-corrected chi connectivity index (χ3v) is 7.49. The fraction of sp³-hybridized carbons (Fsp3) is 0.333. The molecule has 0 bridgehead atoms. The molecule has 2 atom stereocenters. The fourth-order valence-electron chi connectivity index (χ4n) is 4.65. The summed E-state index contributed by atoms with van der Waals surface area (Å²) in [6, 6.07) is 16.4. The maximum Gasteiger partial charge on any atom is 0.125 e. The van der Waals surface area contributed by atoms with E-state index in [9.17, 15) is 9.32 Å². The number of aromatic nitrogens is 2. The van der Waals surface area contributed by atoms with Gasteiger partial charge in [-0.25, -0.2) is 8.93 Å². The standard InChI is InChI=1S/C24H28N4O2S/c1-27-16-21(20-4-2-3-5-23(20)27)24(28-12-9-18(29)10-13-28)15-26-31(30)19-7-6-17-8-11-25-22(17)14-19/h2-8,11,14,16,18,24-26,29H,9-10,12-13,15H2,1H3. The Kier molecular flexibility index (Phi) is 5.67. The van der Waals surface area contributed by atoms with Crippen molar-refractivity contribution in [1.29, 1.82) is 0 Å². The van der Waals surface area contributed by atoms with Gasteiger partial charge in [-0.2, -0.15) is 0 Å². The van der Waals surface area contributed by atoms with Crippen LogP contribution in [0.1, 0.15) is 24.4 Å². The predicted octanol–water partition coefficient (Wildman–Crippen LogP) is 3.47. The first-order valence-corrected chi connectivity index (χ1v) is 11.9. The minimum absolute atomic E-state index is 0.0803. The minimum Gasteiger partial charge on any atom is -0.393 e. The summed E-state index contributed by atoms with van der Waals surface area (Å²) in [5, 5.41) is 12.3. The number of fused-ring (bicyclic) bond motifs is 2. The van der Waals surface area contributed by atoms with E-state index < -0.39 is 11.0 Å². The van der Waals surface area contributed by atoms with Crippen LogP contribution in [-0.4, -0.2) is 49.5 Å². The molecule has 0 spiro atoms. The van der Waals surface area contributed by atoms with Crippen LogP contribution in [0.5, 0.6) is 0 Å². The number of aryl methyl sites for hydroxylation is 1. The minimum atomic E-state index is -1.31. The zero-order valence-corrected chi connectivity index (χ0v) is 18.4. The molecule has 1 fully saturated rings. The molecule has 5 rings (SSSR count). The smallest absolute Gasteiger partial charge is 0.125 e. The van der Waals surface area contributed by atoms with Crippen LogP contribution >= 0.6 is 0 Å². The average Bonchev–Trinajstić information content (AvgIpc) is 3.39. The van der Waals surface area contributed by atoms with Crippen LogP contribution in [0.4, 0.5) is 0 Å². The van der Waals surface area contributed by atoms with Gasteiger partial charge in [0.1, 0.15) is 11.0 Å². The van der Waals surface area contributed by atoms with Crippen molar-refractivity contribution in [2.75, 3.05) is 19.6 Å². The summed E-state index contributed by atoms with van der Waals surface area (Å²) in [4.78, 5) is 6.36. The van der Waals surface area contributed by atoms with Gasteiger partial charge in [0.25, 0.3) is 0 Å². The Morgan fingerprint density at radius 1 is 1.19 bits per heavy atom. The van der Waals surface area contributed by atoms with Gasteiger partial charge >= 0.3 is 0 Å². The summed E-state index contributed by atoms with van der Waals surface area (Å²) in [6.45, 7) is 2.23. The molecule has 0 saturated carbocycles. The number of rotatable bonds is 6. The first-order valence-electron chi connectivity index (χ1n) is 10.8. The number of para-hydroxylation sites is 1. The van der Waals surface area contributed by atoms with Gasteiger partial charge in [0.15, 0.2) is 0 Å². The van der Waals surface area contributed by atoms with Crippen LogP contribution in [0, 0.1) is 0 Å². The van der Waals surface area contributed by atoms with Gasteiger partial charge < -0.3 is 14.7 Å². The summed E-state index contributed by atoms with van der Waals surface area (Å²) in [7, 11) is 0.760. The van der Waals surface area contributed by atoms with Crippen molar-refractivity contribution in [3.63, 3.8) is 0 Å². The Balaban J connectivity index is 1.42. The van der Waals surface area contributed by atoms with E-state index in [2.05, 4.69) is 56.7 Å². The Morgan fingerprint density at radius 3 is 2.84 bits per heavy atom. The van der Waals surface area contributed by atoms with E-state index in [1.807, 2.05) is 30.5 Å². The molecule has 2 aromatic heterocycles. The van der Waals surface area contributed by atoms with Crippen LogP contribution in [0.2, 0.25) is 0 Å². The Hall–Kier alpha value is -2.45. The second kappa shape index (κ2) is 8.59. The average molecular weight is 437 g/mol. The number of piperidine rings is 1. The van der Waals surface area contributed by atoms with Gasteiger partial charge in [-0.05, 0) is 48.1 Å². The predicted molar refractivity (Wildman–Crippen MR) is 125 cm³/mol. The molecule has 0 amide bonds. The largest absolute Gasteiger partial charge is 0.393 e. The number of aromatic amines is 1. The van der Waals surface area contributed by atoms with Gasteiger partial charge in [0.05, 0.1) is 17.0 Å². The third kappa shape index (κ3) is 4.06. The maximum absolute atomic E-state index is 13.1. The van der Waals surface area contributed by atoms with Crippen molar-refractivity contribution >= 4 is 32.8 Å². The van der Waals surface area contributed by atoms with Gasteiger partial charge in [-0.15, -0.1) is 0 Å². The van der Waals surface area contributed by atoms with E-state index in [1.165, 1.54) is 16.5 Å². The lowest BCUT2D eigenvalue weighted by Crippen LogP contribution is -2.42. The van der Waals surface area contributed by atoms with Gasteiger partial charge in [-0.1, -0.05) is 24.3 Å². The maximum atomic E-state index is 13.1. The summed E-state index contributed by atoms with van der Waals surface area (Å²) in [5.41, 5.74) is 3.42. The van der Waals surface area contributed by atoms with Crippen molar-refractivity contribution < 1.29 is 9.32 Å². The highest BCUT2D eigenvalue weighted by Gasteiger charge is 2.28. The molecule has 6 nitrogen and oxygen atoms in total. The molecule has 2 unspecified atom stereocenters. The van der Waals surface area contributed by atoms with E-state index in [1.54, 1.807) is 0 Å². The van der Waals surface area contributed by atoms with Crippen LogP contribution in [0.15, 0.2) is 65.8 Å². The molecule has 1 aliphatic heterocycles. The highest BCUT2D eigenvalue weighted by Crippen LogP contribution is 2.31. The summed E-state index contributed by atoms with van der Waals surface area (Å²) in [6.07, 6.45) is 5.41. The molecule has 1 aliphatic rings. The number of hydrogen-bond acceptors (Lipinski definition) is 3. The molecular formula is C24H28N4O2S. The molecule has 4 aromatic rings. The summed E-state index contributed by atoms with van der Waals surface area (Å²) >= 11 is 0. The number of nitrogens with zero attached hydrogens (tertiary/aromatic N) is 2. The van der Waals surface area contributed by atoms with Crippen LogP contribution in [0.3, 0.4) is 0 Å². The second-order valence-electron chi connectivity index (χ2n) is 8.34. The van der Waals surface area contributed by atoms with Crippen molar-refractivity contribution in [3.05, 3.63) is 66.5 Å². The molecule has 3 heterocycles. The van der Waals surface area contributed by atoms with Crippen molar-refractivity contribution in [2.45, 2.75) is 29.9 Å². The fourth-order valence-corrected chi connectivity index (χ4v) is 5.54. The Labute approximate surface area is 184 Å². The van der Waals surface area contributed by atoms with Gasteiger partial charge in [-0.3, -0.25) is 4.90 Å². The van der Waals surface area contributed by atoms with Crippen molar-refractivity contribution in [2.24, 2.45) is 7.05 Å². The SMILES string of the molecule is Cn1cc(C(CNS(=O)c2ccc3cc[nH]c3c2)N2CCC(O)CC2)c2ccccc21. The Bertz CT molecular complexity index is 1220. The number of likely N-dealkylation sites (tertiary alicyclic amines) is 1. The van der Waals surface area contributed by atoms with Gasteiger partial charge in [0.2, 0.25) is 0 Å². The quantitative estimate of drug-likeness (QED) is 0.433. The van der Waals surface area contributed by atoms with Crippen LogP contribution in [-0.2, 0) is 18.0 Å². The second-order valence-corrected chi connectivity index (χ2v) is 9.64. The number of hydrogen-bond donors (Lipinski definition) is 3. The molecule has 31 heavy (non-hydrogen) atoms. The monoisotopic (exact) mass is 436 g/mol. The summed E-state index contributed by atoms with van der Waals surface area (Å²) in [5.74, 6) is 0. The van der Waals surface area contributed by atoms with Gasteiger partial charge in [0, 0.05) is 55.5 Å². The highest BCUT2D eigenvalue weighted by atomic mass is 32.2. The first-order chi connectivity index (χ1) is 15.1.